The molecule has 0 radical (unpaired) electrons. The van der Waals surface area contributed by atoms with E-state index in [4.69, 9.17) is 9.97 Å². The lowest BCUT2D eigenvalue weighted by Crippen LogP contribution is -2.26. The van der Waals surface area contributed by atoms with E-state index < -0.39 is 5.41 Å². The third-order valence-electron chi connectivity index (χ3n) is 28.1. The minimum atomic E-state index is -0.488. The van der Waals surface area contributed by atoms with Crippen LogP contribution >= 0.6 is 0 Å². The van der Waals surface area contributed by atoms with Crippen LogP contribution in [0.4, 0.5) is 34.1 Å². The molecule has 2 aliphatic rings. The number of hydrogen-bond donors (Lipinski definition) is 0. The number of anilines is 6. The monoisotopic (exact) mass is 1740 g/mol. The van der Waals surface area contributed by atoms with E-state index >= 15 is 0 Å². The molecule has 0 saturated heterocycles. The molecule has 0 amide bonds. The Balaban J connectivity index is 0.000000145. The molecule has 2 aliphatic carbocycles. The molecule has 27 rings (SSSR count). The predicted molar refractivity (Wildman–Crippen MR) is 571 cm³/mol. The molecule has 0 atom stereocenters. The molecular weight excluding hydrogens is 1660 g/mol. The molecule has 0 fully saturated rings. The third kappa shape index (κ3) is 13.3. The zero-order valence-electron chi connectivity index (χ0n) is 74.7. The first-order valence-electron chi connectivity index (χ1n) is 46.9. The molecule has 25 aromatic rings. The number of rotatable bonds is 15. The number of nitrogens with zero attached hydrogens (tertiary/aromatic N) is 7. The highest BCUT2D eigenvalue weighted by Crippen LogP contribution is 2.64. The minimum Gasteiger partial charge on any atom is -0.310 e. The second-order valence-electron chi connectivity index (χ2n) is 35.6. The average molecular weight is 1750 g/mol. The Hall–Kier alpha value is -18.2. The first-order valence-corrected chi connectivity index (χ1v) is 46.9. The number of hydrogen-bond acceptors (Lipinski definition) is 5. The predicted octanol–water partition coefficient (Wildman–Crippen LogP) is 34.2. The summed E-state index contributed by atoms with van der Waals surface area (Å²) < 4.78 is 4.87. The summed E-state index contributed by atoms with van der Waals surface area (Å²) >= 11 is 0. The van der Waals surface area contributed by atoms with Crippen LogP contribution in [0.1, 0.15) is 22.3 Å². The fraction of sp³-hybridized carbons (Fsp3) is 0.00769. The van der Waals surface area contributed by atoms with Crippen LogP contribution in [-0.4, -0.2) is 24.1 Å². The van der Waals surface area contributed by atoms with Crippen molar-refractivity contribution >= 4 is 110 Å². The quantitative estimate of drug-likeness (QED) is 0.0958. The summed E-state index contributed by atoms with van der Waals surface area (Å²) in [6, 6.07) is 181. The van der Waals surface area contributed by atoms with Gasteiger partial charge in [-0.3, -0.25) is 4.98 Å². The number of pyridine rings is 1. The SMILES string of the molecule is c1ccc(-c2ccc(N(c3ccc4c(c3)C3(c5ccccc5-c5ccccc53)c3ccccc3-4)c3ccc(-c4ccccc4-c4ccc5c6ccccc6n(-c6ccccc6)c5c4)cc3-c3ccncc3)cc2)cc1.c1ccc(N(c2ccccc2)c2ccc(-c3ccccc3-c3ccc4c5c6ccccc6c6ccccc6c5n(-c5ccccc5)c4c3)cc2-c2ncc3ccccc3n2)cc1. The maximum Gasteiger partial charge on any atom is 0.161 e. The van der Waals surface area contributed by atoms with Crippen LogP contribution in [0.25, 0.3) is 188 Å². The van der Waals surface area contributed by atoms with E-state index in [1.165, 1.54) is 126 Å². The summed E-state index contributed by atoms with van der Waals surface area (Å²) in [7, 11) is 0. The summed E-state index contributed by atoms with van der Waals surface area (Å²) in [5.41, 5.74) is 38.8. The van der Waals surface area contributed by atoms with E-state index in [1.54, 1.807) is 0 Å². The lowest BCUT2D eigenvalue weighted by Gasteiger charge is -2.33. The van der Waals surface area contributed by atoms with E-state index in [9.17, 15) is 0 Å². The molecule has 137 heavy (non-hydrogen) atoms. The van der Waals surface area contributed by atoms with Gasteiger partial charge in [0, 0.05) is 96.2 Å². The van der Waals surface area contributed by atoms with Gasteiger partial charge in [-0.2, -0.15) is 0 Å². The van der Waals surface area contributed by atoms with Crippen LogP contribution in [-0.2, 0) is 5.41 Å². The van der Waals surface area contributed by atoms with Gasteiger partial charge in [-0.05, 0) is 255 Å². The fourth-order valence-corrected chi connectivity index (χ4v) is 22.2. The van der Waals surface area contributed by atoms with Gasteiger partial charge in [-0.25, -0.2) is 9.97 Å². The molecule has 0 saturated carbocycles. The van der Waals surface area contributed by atoms with Crippen LogP contribution in [0.15, 0.2) is 516 Å². The van der Waals surface area contributed by atoms with E-state index in [0.29, 0.717) is 5.82 Å². The van der Waals surface area contributed by atoms with Crippen molar-refractivity contribution < 1.29 is 0 Å². The highest BCUT2D eigenvalue weighted by Gasteiger charge is 2.52. The Kier molecular flexibility index (Phi) is 19.4. The molecule has 7 heteroatoms. The van der Waals surface area contributed by atoms with E-state index in [2.05, 4.69) is 509 Å². The first kappa shape index (κ1) is 79.8. The number of para-hydroxylation sites is 6. The molecule has 0 N–H and O–H groups in total. The highest BCUT2D eigenvalue weighted by atomic mass is 15.2. The Morgan fingerprint density at radius 2 is 0.613 bits per heavy atom. The second-order valence-corrected chi connectivity index (χ2v) is 35.6. The molecular formula is C130H85N7. The van der Waals surface area contributed by atoms with Crippen molar-refractivity contribution in [2.24, 2.45) is 0 Å². The van der Waals surface area contributed by atoms with E-state index in [1.807, 2.05) is 30.7 Å². The summed E-state index contributed by atoms with van der Waals surface area (Å²) in [6.45, 7) is 0. The van der Waals surface area contributed by atoms with Gasteiger partial charge in [0.2, 0.25) is 0 Å². The lowest BCUT2D eigenvalue weighted by atomic mass is 9.70. The van der Waals surface area contributed by atoms with Crippen LogP contribution < -0.4 is 9.80 Å². The summed E-state index contributed by atoms with van der Waals surface area (Å²) in [5, 5.41) is 11.0. The Labute approximate surface area is 794 Å². The molecule has 0 bridgehead atoms. The maximum atomic E-state index is 5.19. The molecule has 1 spiro atoms. The summed E-state index contributed by atoms with van der Waals surface area (Å²) in [4.78, 5) is 19.5. The van der Waals surface area contributed by atoms with Gasteiger partial charge in [0.1, 0.15) is 0 Å². The molecule has 4 heterocycles. The summed E-state index contributed by atoms with van der Waals surface area (Å²) in [6.07, 6.45) is 5.75. The van der Waals surface area contributed by atoms with Gasteiger partial charge in [-0.15, -0.1) is 0 Å². The topological polar surface area (TPSA) is 55.0 Å². The molecule has 640 valence electrons. The average Bonchev–Trinajstić information content (AvgIpc) is 1.50. The fourth-order valence-electron chi connectivity index (χ4n) is 22.2. The smallest absolute Gasteiger partial charge is 0.161 e. The first-order chi connectivity index (χ1) is 68.0. The van der Waals surface area contributed by atoms with Gasteiger partial charge in [0.15, 0.2) is 5.82 Å². The zero-order valence-corrected chi connectivity index (χ0v) is 74.7. The van der Waals surface area contributed by atoms with Crippen LogP contribution in [0, 0.1) is 0 Å². The van der Waals surface area contributed by atoms with Crippen LogP contribution in [0.2, 0.25) is 0 Å². The molecule has 0 aliphatic heterocycles. The Morgan fingerprint density at radius 3 is 1.20 bits per heavy atom. The Morgan fingerprint density at radius 1 is 0.219 bits per heavy atom. The Bertz CT molecular complexity index is 8920. The maximum absolute atomic E-state index is 5.19. The number of fused-ring (bicyclic) bond motifs is 22. The van der Waals surface area contributed by atoms with Gasteiger partial charge in [0.05, 0.1) is 44.4 Å². The van der Waals surface area contributed by atoms with Gasteiger partial charge >= 0.3 is 0 Å². The molecule has 21 aromatic carbocycles. The van der Waals surface area contributed by atoms with Crippen LogP contribution in [0.5, 0.6) is 0 Å². The minimum absolute atomic E-state index is 0.488. The van der Waals surface area contributed by atoms with Crippen molar-refractivity contribution in [1.29, 1.82) is 0 Å². The van der Waals surface area contributed by atoms with Crippen molar-refractivity contribution in [1.82, 2.24) is 24.1 Å². The molecule has 4 aromatic heterocycles. The zero-order chi connectivity index (χ0) is 90.4. The second kappa shape index (κ2) is 33.3. The van der Waals surface area contributed by atoms with Gasteiger partial charge < -0.3 is 18.9 Å². The lowest BCUT2D eigenvalue weighted by molar-refractivity contribution is 0.793. The van der Waals surface area contributed by atoms with E-state index in [-0.39, 0.29) is 0 Å². The normalized spacial score (nSPS) is 12.1. The van der Waals surface area contributed by atoms with Crippen molar-refractivity contribution in [2.75, 3.05) is 9.80 Å². The molecule has 7 nitrogen and oxygen atoms in total. The standard InChI is InChI=1S/C72H47N3.C58H38N4/c1-3-17-48(18-4-1)49-31-35-54(36-32-49)74(55-37-39-61-60-25-11-15-29-67(60)72(68(61)47-55)65-27-13-9-23-58(65)59-24-10-14-28-66(59)72)70-40-34-51(45-64(70)50-41-43-73-44-42-50)56-21-7-8-22-57(56)52-33-38-63-62-26-12-16-30-69(62)75(71(63)46-52)53-19-5-2-6-20-53;1-4-19-42(20-5-1)61(43-21-6-2-7-22-43)54-35-33-39(36-52(54)58-59-38-41-18-10-17-31-53(41)60-58)45-25-11-12-26-46(45)40-32-34-51-55(37-40)62(44-23-8-3-9-24-44)57-50-30-16-14-28-48(50)47-27-13-15-29-49(47)56(51)57/h1-47H;1-38H. The molecule has 0 unspecified atom stereocenters. The number of aromatic nitrogens is 5. The third-order valence-corrected chi connectivity index (χ3v) is 28.1. The van der Waals surface area contributed by atoms with Crippen molar-refractivity contribution in [3.63, 3.8) is 0 Å². The van der Waals surface area contributed by atoms with Crippen molar-refractivity contribution in [3.8, 4) is 112 Å². The van der Waals surface area contributed by atoms with Gasteiger partial charge in [-0.1, -0.05) is 364 Å². The summed E-state index contributed by atoms with van der Waals surface area (Å²) in [5.74, 6) is 0.670. The van der Waals surface area contributed by atoms with Crippen molar-refractivity contribution in [3.05, 3.63) is 538 Å². The largest absolute Gasteiger partial charge is 0.310 e. The van der Waals surface area contributed by atoms with Crippen LogP contribution in [0.3, 0.4) is 0 Å². The number of benzene rings is 21. The highest BCUT2D eigenvalue weighted by molar-refractivity contribution is 6.32. The van der Waals surface area contributed by atoms with E-state index in [0.717, 1.165) is 112 Å². The van der Waals surface area contributed by atoms with Crippen molar-refractivity contribution in [2.45, 2.75) is 5.41 Å². The van der Waals surface area contributed by atoms with Gasteiger partial charge in [0.25, 0.3) is 0 Å².